The molecule has 142 valence electrons. The van der Waals surface area contributed by atoms with Gasteiger partial charge < -0.3 is 10.1 Å². The molecule has 0 bridgehead atoms. The summed E-state index contributed by atoms with van der Waals surface area (Å²) in [6.45, 7) is -0.214. The summed E-state index contributed by atoms with van der Waals surface area (Å²) in [5, 5.41) is 13.2. The molecule has 0 radical (unpaired) electrons. The van der Waals surface area contributed by atoms with Crippen LogP contribution in [0.4, 0.5) is 5.69 Å². The number of fused-ring (bicyclic) bond motifs is 3. The molecule has 0 aliphatic heterocycles. The topological polar surface area (TPSA) is 87.9 Å². The number of rotatable bonds is 4. The number of carbonyl (C=O) groups excluding carboxylic acids is 1. The number of amides is 1. The standard InChI is InChI=1S/C20H17ClN4O2S/c21-13-7-6-12(9-22)15(8-13)25-17(26)10-27-19-18-14-4-2-1-3-5-16(14)28-20(18)24-11-23-19/h6-8,11H,1-5,10H2,(H,25,26). The van der Waals surface area contributed by atoms with Crippen molar-refractivity contribution in [3.05, 3.63) is 45.6 Å². The first-order chi connectivity index (χ1) is 13.7. The third-order valence-electron chi connectivity index (χ3n) is 4.68. The summed E-state index contributed by atoms with van der Waals surface area (Å²) in [4.78, 5) is 23.2. The molecule has 0 unspecified atom stereocenters. The molecule has 1 N–H and O–H groups in total. The van der Waals surface area contributed by atoms with Crippen LogP contribution in [0.1, 0.15) is 35.3 Å². The molecule has 28 heavy (non-hydrogen) atoms. The zero-order chi connectivity index (χ0) is 19.5. The molecule has 8 heteroatoms. The first-order valence-corrected chi connectivity index (χ1v) is 10.2. The van der Waals surface area contributed by atoms with Gasteiger partial charge in [-0.1, -0.05) is 18.0 Å². The number of nitrogens with one attached hydrogen (secondary N) is 1. The minimum Gasteiger partial charge on any atom is -0.467 e. The van der Waals surface area contributed by atoms with Crippen molar-refractivity contribution in [1.29, 1.82) is 5.26 Å². The Balaban J connectivity index is 1.53. The van der Waals surface area contributed by atoms with Crippen LogP contribution in [0.2, 0.25) is 5.02 Å². The highest BCUT2D eigenvalue weighted by Crippen LogP contribution is 2.38. The summed E-state index contributed by atoms with van der Waals surface area (Å²) in [5.41, 5.74) is 1.96. The average Bonchev–Trinajstić information content (AvgIpc) is 2.88. The van der Waals surface area contributed by atoms with Gasteiger partial charge in [0, 0.05) is 9.90 Å². The molecule has 0 fully saturated rings. The Bertz CT molecular complexity index is 1090. The summed E-state index contributed by atoms with van der Waals surface area (Å²) in [6, 6.07) is 6.74. The van der Waals surface area contributed by atoms with Crippen LogP contribution in [0, 0.1) is 11.3 Å². The lowest BCUT2D eigenvalue weighted by Gasteiger charge is -2.10. The number of hydrogen-bond acceptors (Lipinski definition) is 6. The van der Waals surface area contributed by atoms with Gasteiger partial charge >= 0.3 is 0 Å². The Kier molecular flexibility index (Phi) is 5.42. The lowest BCUT2D eigenvalue weighted by atomic mass is 10.1. The molecule has 0 saturated carbocycles. The highest BCUT2D eigenvalue weighted by molar-refractivity contribution is 7.18. The van der Waals surface area contributed by atoms with E-state index in [1.165, 1.54) is 29.6 Å². The van der Waals surface area contributed by atoms with Gasteiger partial charge in [0.05, 0.1) is 16.6 Å². The number of halogens is 1. The fraction of sp³-hybridized carbons (Fsp3) is 0.300. The van der Waals surface area contributed by atoms with E-state index in [4.69, 9.17) is 21.6 Å². The number of ether oxygens (including phenoxy) is 1. The van der Waals surface area contributed by atoms with Gasteiger partial charge in [-0.3, -0.25) is 4.79 Å². The second kappa shape index (κ2) is 8.13. The number of carbonyl (C=O) groups is 1. The Morgan fingerprint density at radius 2 is 2.14 bits per heavy atom. The molecule has 0 atom stereocenters. The molecular formula is C20H17ClN4O2S. The van der Waals surface area contributed by atoms with Gasteiger partial charge in [0.15, 0.2) is 6.61 Å². The van der Waals surface area contributed by atoms with Crippen LogP contribution >= 0.6 is 22.9 Å². The Morgan fingerprint density at radius 3 is 3.00 bits per heavy atom. The fourth-order valence-corrected chi connectivity index (χ4v) is 4.78. The zero-order valence-electron chi connectivity index (χ0n) is 15.0. The Morgan fingerprint density at radius 1 is 1.29 bits per heavy atom. The van der Waals surface area contributed by atoms with Crippen molar-refractivity contribution in [1.82, 2.24) is 9.97 Å². The maximum atomic E-state index is 12.4. The summed E-state index contributed by atoms with van der Waals surface area (Å²) in [5.74, 6) is 0.0537. The fourth-order valence-electron chi connectivity index (χ4n) is 3.39. The summed E-state index contributed by atoms with van der Waals surface area (Å²) in [7, 11) is 0. The number of aromatic nitrogens is 2. The van der Waals surface area contributed by atoms with E-state index in [0.717, 1.165) is 29.5 Å². The van der Waals surface area contributed by atoms with E-state index in [9.17, 15) is 4.79 Å². The van der Waals surface area contributed by atoms with Crippen molar-refractivity contribution in [2.24, 2.45) is 0 Å². The van der Waals surface area contributed by atoms with Crippen molar-refractivity contribution < 1.29 is 9.53 Å². The maximum Gasteiger partial charge on any atom is 0.262 e. The highest BCUT2D eigenvalue weighted by atomic mass is 35.5. The highest BCUT2D eigenvalue weighted by Gasteiger charge is 2.20. The van der Waals surface area contributed by atoms with Crippen LogP contribution in [-0.4, -0.2) is 22.5 Å². The molecular weight excluding hydrogens is 396 g/mol. The van der Waals surface area contributed by atoms with E-state index < -0.39 is 0 Å². The monoisotopic (exact) mass is 412 g/mol. The van der Waals surface area contributed by atoms with Crippen molar-refractivity contribution in [3.63, 3.8) is 0 Å². The van der Waals surface area contributed by atoms with E-state index >= 15 is 0 Å². The first-order valence-electron chi connectivity index (χ1n) is 9.03. The van der Waals surface area contributed by atoms with E-state index in [0.29, 0.717) is 22.2 Å². The first kappa shape index (κ1) is 18.7. The number of hydrogen-bond donors (Lipinski definition) is 1. The van der Waals surface area contributed by atoms with E-state index in [2.05, 4.69) is 15.3 Å². The molecule has 2 heterocycles. The quantitative estimate of drug-likeness (QED) is 0.637. The van der Waals surface area contributed by atoms with Crippen molar-refractivity contribution in [2.45, 2.75) is 32.1 Å². The SMILES string of the molecule is N#Cc1ccc(Cl)cc1NC(=O)COc1ncnc2sc3c(c12)CCCCC3. The largest absolute Gasteiger partial charge is 0.467 e. The predicted octanol–water partition coefficient (Wildman–Crippen LogP) is 4.50. The second-order valence-electron chi connectivity index (χ2n) is 6.56. The summed E-state index contributed by atoms with van der Waals surface area (Å²) >= 11 is 7.64. The van der Waals surface area contributed by atoms with Crippen molar-refractivity contribution >= 4 is 44.7 Å². The normalized spacial score (nSPS) is 13.4. The lowest BCUT2D eigenvalue weighted by Crippen LogP contribution is -2.21. The summed E-state index contributed by atoms with van der Waals surface area (Å²) in [6.07, 6.45) is 7.06. The molecule has 0 spiro atoms. The molecule has 6 nitrogen and oxygen atoms in total. The van der Waals surface area contributed by atoms with Crippen LogP contribution in [0.25, 0.3) is 10.2 Å². The Labute approximate surface area is 171 Å². The minimum atomic E-state index is -0.383. The van der Waals surface area contributed by atoms with Crippen LogP contribution in [0.5, 0.6) is 5.88 Å². The number of benzene rings is 1. The van der Waals surface area contributed by atoms with E-state index in [1.54, 1.807) is 29.5 Å². The van der Waals surface area contributed by atoms with E-state index in [-0.39, 0.29) is 12.5 Å². The Hall–Kier alpha value is -2.69. The van der Waals surface area contributed by atoms with Crippen LogP contribution in [-0.2, 0) is 17.6 Å². The molecule has 1 aliphatic rings. The predicted molar refractivity (Wildman–Crippen MR) is 109 cm³/mol. The van der Waals surface area contributed by atoms with Gasteiger partial charge in [0.1, 0.15) is 17.2 Å². The number of anilines is 1. The van der Waals surface area contributed by atoms with Crippen LogP contribution in [0.3, 0.4) is 0 Å². The van der Waals surface area contributed by atoms with Gasteiger partial charge in [-0.05, 0) is 49.4 Å². The van der Waals surface area contributed by atoms with Gasteiger partial charge in [-0.15, -0.1) is 11.3 Å². The molecule has 1 aliphatic carbocycles. The lowest BCUT2D eigenvalue weighted by molar-refractivity contribution is -0.118. The number of nitrogens with zero attached hydrogens (tertiary/aromatic N) is 3. The third-order valence-corrected chi connectivity index (χ3v) is 6.12. The third kappa shape index (κ3) is 3.79. The number of thiophene rings is 1. The smallest absolute Gasteiger partial charge is 0.262 e. The minimum absolute atomic E-state index is 0.214. The molecule has 4 rings (SSSR count). The van der Waals surface area contributed by atoms with E-state index in [1.807, 2.05) is 6.07 Å². The average molecular weight is 413 g/mol. The second-order valence-corrected chi connectivity index (χ2v) is 8.08. The number of nitriles is 1. The number of aryl methyl sites for hydroxylation is 2. The van der Waals surface area contributed by atoms with Gasteiger partial charge in [0.2, 0.25) is 5.88 Å². The molecule has 0 saturated heterocycles. The maximum absolute atomic E-state index is 12.4. The molecule has 2 aromatic heterocycles. The molecule has 1 aromatic carbocycles. The van der Waals surface area contributed by atoms with Crippen LogP contribution in [0.15, 0.2) is 24.5 Å². The van der Waals surface area contributed by atoms with Gasteiger partial charge in [-0.25, -0.2) is 9.97 Å². The van der Waals surface area contributed by atoms with Crippen LogP contribution < -0.4 is 10.1 Å². The van der Waals surface area contributed by atoms with Gasteiger partial charge in [-0.2, -0.15) is 5.26 Å². The zero-order valence-corrected chi connectivity index (χ0v) is 16.6. The summed E-state index contributed by atoms with van der Waals surface area (Å²) < 4.78 is 5.75. The van der Waals surface area contributed by atoms with Crippen molar-refractivity contribution in [3.8, 4) is 11.9 Å². The van der Waals surface area contributed by atoms with Gasteiger partial charge in [0.25, 0.3) is 5.91 Å². The molecule has 3 aromatic rings. The van der Waals surface area contributed by atoms with Crippen molar-refractivity contribution in [2.75, 3.05) is 11.9 Å². The molecule has 1 amide bonds.